The molecule has 8 heteroatoms. The maximum Gasteiger partial charge on any atom is 0.263 e. The first kappa shape index (κ1) is 20.2. The summed E-state index contributed by atoms with van der Waals surface area (Å²) in [5, 5.41) is 0. The topological polar surface area (TPSA) is 76.2 Å². The smallest absolute Gasteiger partial charge is 0.263 e. The number of sulfonamides is 1. The van der Waals surface area contributed by atoms with Crippen molar-refractivity contribution in [1.82, 2.24) is 9.21 Å². The number of rotatable bonds is 6. The second kappa shape index (κ2) is 8.62. The van der Waals surface area contributed by atoms with Crippen LogP contribution in [0.1, 0.15) is 6.92 Å². The number of ether oxygens (including phenoxy) is 2. The van der Waals surface area contributed by atoms with Crippen LogP contribution in [0.2, 0.25) is 0 Å². The van der Waals surface area contributed by atoms with Crippen LogP contribution in [-0.2, 0) is 14.8 Å². The van der Waals surface area contributed by atoms with Crippen molar-refractivity contribution in [2.24, 2.45) is 0 Å². The number of carbonyl (C=O) groups excluding carboxylic acids is 1. The van der Waals surface area contributed by atoms with Crippen LogP contribution in [0.3, 0.4) is 0 Å². The highest BCUT2D eigenvalue weighted by Crippen LogP contribution is 2.21. The summed E-state index contributed by atoms with van der Waals surface area (Å²) >= 11 is 0. The molecule has 2 aromatic rings. The number of piperazine rings is 1. The van der Waals surface area contributed by atoms with Crippen molar-refractivity contribution in [3.05, 3.63) is 54.6 Å². The molecule has 1 atom stereocenters. The molecule has 0 radical (unpaired) electrons. The van der Waals surface area contributed by atoms with Gasteiger partial charge in [0, 0.05) is 26.2 Å². The standard InChI is InChI=1S/C20H24N2O5S/c1-16(27-18-6-4-3-5-7-18)20(23)21-12-14-22(15-13-21)28(24,25)19-10-8-17(26-2)9-11-19/h3-11,16H,12-15H2,1-2H3/t16-/m0/s1. The lowest BCUT2D eigenvalue weighted by molar-refractivity contribution is -0.139. The number of hydrogen-bond acceptors (Lipinski definition) is 5. The third kappa shape index (κ3) is 4.45. The van der Waals surface area contributed by atoms with Gasteiger partial charge in [0.1, 0.15) is 11.5 Å². The van der Waals surface area contributed by atoms with Gasteiger partial charge < -0.3 is 14.4 Å². The van der Waals surface area contributed by atoms with E-state index in [2.05, 4.69) is 0 Å². The number of benzene rings is 2. The number of carbonyl (C=O) groups is 1. The fourth-order valence-electron chi connectivity index (χ4n) is 3.06. The van der Waals surface area contributed by atoms with E-state index in [4.69, 9.17) is 9.47 Å². The Balaban J connectivity index is 1.59. The Morgan fingerprint density at radius 3 is 2.11 bits per heavy atom. The van der Waals surface area contributed by atoms with Crippen LogP contribution in [-0.4, -0.2) is 62.9 Å². The Morgan fingerprint density at radius 2 is 1.54 bits per heavy atom. The zero-order valence-electron chi connectivity index (χ0n) is 15.9. The first-order valence-electron chi connectivity index (χ1n) is 9.06. The van der Waals surface area contributed by atoms with Crippen LogP contribution in [0.15, 0.2) is 59.5 Å². The number of nitrogens with zero attached hydrogens (tertiary/aromatic N) is 2. The zero-order valence-corrected chi connectivity index (χ0v) is 16.8. The van der Waals surface area contributed by atoms with Gasteiger partial charge in [-0.05, 0) is 43.3 Å². The molecule has 28 heavy (non-hydrogen) atoms. The molecule has 1 aliphatic rings. The number of hydrogen-bond donors (Lipinski definition) is 0. The van der Waals surface area contributed by atoms with E-state index < -0.39 is 16.1 Å². The van der Waals surface area contributed by atoms with Crippen molar-refractivity contribution in [1.29, 1.82) is 0 Å². The van der Waals surface area contributed by atoms with Crippen molar-refractivity contribution in [3.63, 3.8) is 0 Å². The SMILES string of the molecule is COc1ccc(S(=O)(=O)N2CCN(C(=O)[C@H](C)Oc3ccccc3)CC2)cc1. The second-order valence-electron chi connectivity index (χ2n) is 6.48. The van der Waals surface area contributed by atoms with Gasteiger partial charge in [-0.15, -0.1) is 0 Å². The summed E-state index contributed by atoms with van der Waals surface area (Å²) < 4.78 is 37.7. The highest BCUT2D eigenvalue weighted by Gasteiger charge is 2.32. The van der Waals surface area contributed by atoms with E-state index >= 15 is 0 Å². The lowest BCUT2D eigenvalue weighted by atomic mass is 10.3. The fourth-order valence-corrected chi connectivity index (χ4v) is 4.48. The average molecular weight is 404 g/mol. The fraction of sp³-hybridized carbons (Fsp3) is 0.350. The Morgan fingerprint density at radius 1 is 0.929 bits per heavy atom. The van der Waals surface area contributed by atoms with E-state index in [1.165, 1.54) is 23.5 Å². The molecule has 1 aliphatic heterocycles. The quantitative estimate of drug-likeness (QED) is 0.736. The van der Waals surface area contributed by atoms with Crippen molar-refractivity contribution in [3.8, 4) is 11.5 Å². The van der Waals surface area contributed by atoms with Crippen LogP contribution >= 0.6 is 0 Å². The monoisotopic (exact) mass is 404 g/mol. The highest BCUT2D eigenvalue weighted by molar-refractivity contribution is 7.89. The van der Waals surface area contributed by atoms with Gasteiger partial charge in [-0.25, -0.2) is 8.42 Å². The van der Waals surface area contributed by atoms with Gasteiger partial charge in [0.05, 0.1) is 12.0 Å². The lowest BCUT2D eigenvalue weighted by Gasteiger charge is -2.35. The minimum atomic E-state index is -3.60. The van der Waals surface area contributed by atoms with Crippen LogP contribution < -0.4 is 9.47 Å². The van der Waals surface area contributed by atoms with Crippen molar-refractivity contribution in [2.45, 2.75) is 17.9 Å². The van der Waals surface area contributed by atoms with Gasteiger partial charge in [-0.2, -0.15) is 4.31 Å². The summed E-state index contributed by atoms with van der Waals surface area (Å²) in [4.78, 5) is 14.5. The van der Waals surface area contributed by atoms with Crippen LogP contribution in [0.4, 0.5) is 0 Å². The third-order valence-electron chi connectivity index (χ3n) is 4.65. The Labute approximate surface area is 165 Å². The lowest BCUT2D eigenvalue weighted by Crippen LogP contribution is -2.53. The molecule has 0 aliphatic carbocycles. The second-order valence-corrected chi connectivity index (χ2v) is 8.42. The molecular weight excluding hydrogens is 380 g/mol. The maximum atomic E-state index is 12.8. The van der Waals surface area contributed by atoms with Crippen LogP contribution in [0.5, 0.6) is 11.5 Å². The van der Waals surface area contributed by atoms with E-state index in [0.29, 0.717) is 24.6 Å². The minimum Gasteiger partial charge on any atom is -0.497 e. The summed E-state index contributed by atoms with van der Waals surface area (Å²) in [6.07, 6.45) is -0.632. The Hall–Kier alpha value is -2.58. The van der Waals surface area contributed by atoms with E-state index in [1.807, 2.05) is 18.2 Å². The summed E-state index contributed by atoms with van der Waals surface area (Å²) in [7, 11) is -2.07. The minimum absolute atomic E-state index is 0.148. The van der Waals surface area contributed by atoms with E-state index in [9.17, 15) is 13.2 Å². The van der Waals surface area contributed by atoms with E-state index in [0.717, 1.165) is 0 Å². The summed E-state index contributed by atoms with van der Waals surface area (Å²) in [6, 6.07) is 15.5. The highest BCUT2D eigenvalue weighted by atomic mass is 32.2. The number of amides is 1. The molecule has 1 amide bonds. The van der Waals surface area contributed by atoms with Crippen LogP contribution in [0, 0.1) is 0 Å². The Bertz CT molecular complexity index is 892. The molecular formula is C20H24N2O5S. The molecule has 0 bridgehead atoms. The van der Waals surface area contributed by atoms with Crippen LogP contribution in [0.25, 0.3) is 0 Å². The first-order chi connectivity index (χ1) is 13.4. The predicted molar refractivity (Wildman–Crippen MR) is 105 cm³/mol. The van der Waals surface area contributed by atoms with Gasteiger partial charge in [0.25, 0.3) is 5.91 Å². The molecule has 0 saturated carbocycles. The molecule has 0 aromatic heterocycles. The maximum absolute atomic E-state index is 12.8. The summed E-state index contributed by atoms with van der Waals surface area (Å²) in [5.74, 6) is 1.08. The normalized spacial score (nSPS) is 16.4. The van der Waals surface area contributed by atoms with Crippen molar-refractivity contribution >= 4 is 15.9 Å². The molecule has 0 N–H and O–H groups in total. The van der Waals surface area contributed by atoms with Crippen molar-refractivity contribution < 1.29 is 22.7 Å². The molecule has 2 aromatic carbocycles. The molecule has 150 valence electrons. The summed E-state index contributed by atoms with van der Waals surface area (Å²) in [5.41, 5.74) is 0. The van der Waals surface area contributed by atoms with Gasteiger partial charge in [-0.3, -0.25) is 4.79 Å². The molecule has 3 rings (SSSR count). The van der Waals surface area contributed by atoms with E-state index in [1.54, 1.807) is 36.1 Å². The zero-order chi connectivity index (χ0) is 20.1. The molecule has 1 heterocycles. The molecule has 0 spiro atoms. The van der Waals surface area contributed by atoms with Gasteiger partial charge in [0.15, 0.2) is 6.10 Å². The van der Waals surface area contributed by atoms with Gasteiger partial charge >= 0.3 is 0 Å². The molecule has 1 saturated heterocycles. The van der Waals surface area contributed by atoms with Gasteiger partial charge in [-0.1, -0.05) is 18.2 Å². The largest absolute Gasteiger partial charge is 0.497 e. The average Bonchev–Trinajstić information content (AvgIpc) is 2.74. The number of para-hydroxylation sites is 1. The van der Waals surface area contributed by atoms with Crippen molar-refractivity contribution in [2.75, 3.05) is 33.3 Å². The number of methoxy groups -OCH3 is 1. The van der Waals surface area contributed by atoms with Gasteiger partial charge in [0.2, 0.25) is 10.0 Å². The molecule has 7 nitrogen and oxygen atoms in total. The summed E-state index contributed by atoms with van der Waals surface area (Å²) in [6.45, 7) is 2.86. The third-order valence-corrected chi connectivity index (χ3v) is 6.56. The molecule has 1 fully saturated rings. The van der Waals surface area contributed by atoms with E-state index in [-0.39, 0.29) is 23.9 Å². The Kier molecular flexibility index (Phi) is 6.21. The first-order valence-corrected chi connectivity index (χ1v) is 10.5. The molecule has 0 unspecified atom stereocenters. The predicted octanol–water partition coefficient (Wildman–Crippen LogP) is 2.00.